The first-order valence-electron chi connectivity index (χ1n) is 6.28. The minimum Gasteiger partial charge on any atom is -0.383 e. The molecule has 2 heterocycles. The highest BCUT2D eigenvalue weighted by Gasteiger charge is 2.04. The molecule has 0 unspecified atom stereocenters. The maximum Gasteiger partial charge on any atom is 0.133 e. The second-order valence-corrected chi connectivity index (χ2v) is 4.73. The molecule has 0 fully saturated rings. The molecule has 0 saturated carbocycles. The normalized spacial score (nSPS) is 10.8. The second-order valence-electron chi connectivity index (χ2n) is 4.73. The second kappa shape index (κ2) is 4.69. The van der Waals surface area contributed by atoms with Gasteiger partial charge in [0.1, 0.15) is 5.82 Å². The highest BCUT2D eigenvalue weighted by molar-refractivity contribution is 5.88. The van der Waals surface area contributed by atoms with E-state index in [1.165, 1.54) is 11.1 Å². The molecule has 94 valence electrons. The SMILES string of the molecule is Cc1ccc(Cc2cc3ncccc3c(N)n2)cc1. The average molecular weight is 249 g/mol. The van der Waals surface area contributed by atoms with E-state index in [1.54, 1.807) is 6.20 Å². The monoisotopic (exact) mass is 249 g/mol. The van der Waals surface area contributed by atoms with E-state index < -0.39 is 0 Å². The van der Waals surface area contributed by atoms with E-state index in [2.05, 4.69) is 41.2 Å². The van der Waals surface area contributed by atoms with Crippen molar-refractivity contribution in [1.82, 2.24) is 9.97 Å². The molecule has 0 amide bonds. The first-order chi connectivity index (χ1) is 9.22. The third-order valence-corrected chi connectivity index (χ3v) is 3.19. The van der Waals surface area contributed by atoms with Crippen molar-refractivity contribution in [3.63, 3.8) is 0 Å². The summed E-state index contributed by atoms with van der Waals surface area (Å²) in [5.41, 5.74) is 10.3. The molecule has 2 N–H and O–H groups in total. The van der Waals surface area contributed by atoms with Gasteiger partial charge in [-0.1, -0.05) is 29.8 Å². The molecule has 0 radical (unpaired) electrons. The Hall–Kier alpha value is -2.42. The van der Waals surface area contributed by atoms with Gasteiger partial charge in [-0.05, 0) is 30.7 Å². The van der Waals surface area contributed by atoms with Gasteiger partial charge in [0.05, 0.1) is 5.52 Å². The van der Waals surface area contributed by atoms with Crippen molar-refractivity contribution < 1.29 is 0 Å². The number of anilines is 1. The molecule has 0 saturated heterocycles. The van der Waals surface area contributed by atoms with Crippen LogP contribution in [0.4, 0.5) is 5.82 Å². The van der Waals surface area contributed by atoms with Crippen LogP contribution in [-0.4, -0.2) is 9.97 Å². The zero-order valence-electron chi connectivity index (χ0n) is 10.8. The fourth-order valence-electron chi connectivity index (χ4n) is 2.16. The van der Waals surface area contributed by atoms with Crippen LogP contribution < -0.4 is 5.73 Å². The zero-order valence-corrected chi connectivity index (χ0v) is 10.8. The molecule has 0 aliphatic carbocycles. The molecular weight excluding hydrogens is 234 g/mol. The molecule has 0 bridgehead atoms. The lowest BCUT2D eigenvalue weighted by Crippen LogP contribution is -1.99. The van der Waals surface area contributed by atoms with Crippen molar-refractivity contribution >= 4 is 16.7 Å². The van der Waals surface area contributed by atoms with Crippen LogP contribution in [0.5, 0.6) is 0 Å². The summed E-state index contributed by atoms with van der Waals surface area (Å²) in [6.07, 6.45) is 2.55. The fourth-order valence-corrected chi connectivity index (χ4v) is 2.16. The number of hydrogen-bond donors (Lipinski definition) is 1. The number of hydrogen-bond acceptors (Lipinski definition) is 3. The number of aromatic nitrogens is 2. The van der Waals surface area contributed by atoms with Crippen LogP contribution in [0.25, 0.3) is 10.9 Å². The molecule has 0 atom stereocenters. The van der Waals surface area contributed by atoms with Crippen molar-refractivity contribution in [3.05, 3.63) is 65.5 Å². The maximum atomic E-state index is 5.98. The van der Waals surface area contributed by atoms with Gasteiger partial charge in [-0.25, -0.2) is 4.98 Å². The highest BCUT2D eigenvalue weighted by atomic mass is 14.9. The van der Waals surface area contributed by atoms with Crippen molar-refractivity contribution in [2.75, 3.05) is 5.73 Å². The zero-order chi connectivity index (χ0) is 13.2. The van der Waals surface area contributed by atoms with Crippen LogP contribution in [0, 0.1) is 6.92 Å². The Balaban J connectivity index is 1.99. The number of benzene rings is 1. The fraction of sp³-hybridized carbons (Fsp3) is 0.125. The van der Waals surface area contributed by atoms with Crippen LogP contribution in [0.3, 0.4) is 0 Å². The first kappa shape index (κ1) is 11.7. The van der Waals surface area contributed by atoms with Gasteiger partial charge in [0.15, 0.2) is 0 Å². The van der Waals surface area contributed by atoms with Gasteiger partial charge in [-0.3, -0.25) is 4.98 Å². The van der Waals surface area contributed by atoms with E-state index in [0.717, 1.165) is 23.0 Å². The summed E-state index contributed by atoms with van der Waals surface area (Å²) in [5, 5.41) is 0.912. The molecule has 0 spiro atoms. The predicted molar refractivity (Wildman–Crippen MR) is 77.9 cm³/mol. The Morgan fingerprint density at radius 2 is 1.89 bits per heavy atom. The highest BCUT2D eigenvalue weighted by Crippen LogP contribution is 2.19. The number of fused-ring (bicyclic) bond motifs is 1. The third-order valence-electron chi connectivity index (χ3n) is 3.19. The number of nitrogen functional groups attached to an aromatic ring is 1. The Morgan fingerprint density at radius 3 is 2.68 bits per heavy atom. The lowest BCUT2D eigenvalue weighted by molar-refractivity contribution is 1.08. The van der Waals surface area contributed by atoms with Crippen molar-refractivity contribution in [2.24, 2.45) is 0 Å². The van der Waals surface area contributed by atoms with Crippen LogP contribution in [0.2, 0.25) is 0 Å². The maximum absolute atomic E-state index is 5.98. The number of pyridine rings is 2. The Labute approximate surface area is 112 Å². The number of nitrogens with zero attached hydrogens (tertiary/aromatic N) is 2. The smallest absolute Gasteiger partial charge is 0.133 e. The lowest BCUT2D eigenvalue weighted by atomic mass is 10.1. The Bertz CT molecular complexity index is 718. The summed E-state index contributed by atoms with van der Waals surface area (Å²) in [5.74, 6) is 0.549. The molecule has 2 aromatic heterocycles. The molecule has 19 heavy (non-hydrogen) atoms. The number of nitrogens with two attached hydrogens (primary N) is 1. The summed E-state index contributed by atoms with van der Waals surface area (Å²) in [6, 6.07) is 14.3. The number of aryl methyl sites for hydroxylation is 1. The van der Waals surface area contributed by atoms with Gasteiger partial charge >= 0.3 is 0 Å². The minimum atomic E-state index is 0.549. The van der Waals surface area contributed by atoms with Crippen molar-refractivity contribution in [1.29, 1.82) is 0 Å². The van der Waals surface area contributed by atoms with E-state index in [-0.39, 0.29) is 0 Å². The number of rotatable bonds is 2. The van der Waals surface area contributed by atoms with Gasteiger partial charge in [0.2, 0.25) is 0 Å². The van der Waals surface area contributed by atoms with E-state index in [0.29, 0.717) is 5.82 Å². The van der Waals surface area contributed by atoms with Gasteiger partial charge in [-0.15, -0.1) is 0 Å². The molecular formula is C16H15N3. The van der Waals surface area contributed by atoms with Crippen LogP contribution in [0.1, 0.15) is 16.8 Å². The summed E-state index contributed by atoms with van der Waals surface area (Å²) in [7, 11) is 0. The Kier molecular flexibility index (Phi) is 2.88. The molecule has 3 rings (SSSR count). The van der Waals surface area contributed by atoms with Crippen LogP contribution in [0.15, 0.2) is 48.7 Å². The predicted octanol–water partition coefficient (Wildman–Crippen LogP) is 3.11. The van der Waals surface area contributed by atoms with Crippen LogP contribution >= 0.6 is 0 Å². The van der Waals surface area contributed by atoms with Crippen LogP contribution in [-0.2, 0) is 6.42 Å². The van der Waals surface area contributed by atoms with E-state index in [1.807, 2.05) is 18.2 Å². The molecule has 0 aliphatic rings. The van der Waals surface area contributed by atoms with Gasteiger partial charge in [-0.2, -0.15) is 0 Å². The van der Waals surface area contributed by atoms with Crippen molar-refractivity contribution in [3.8, 4) is 0 Å². The average Bonchev–Trinajstić information content (AvgIpc) is 2.42. The largest absolute Gasteiger partial charge is 0.383 e. The first-order valence-corrected chi connectivity index (χ1v) is 6.28. The molecule has 3 nitrogen and oxygen atoms in total. The molecule has 3 aromatic rings. The summed E-state index contributed by atoms with van der Waals surface area (Å²) in [6.45, 7) is 2.08. The quantitative estimate of drug-likeness (QED) is 0.759. The van der Waals surface area contributed by atoms with E-state index >= 15 is 0 Å². The third kappa shape index (κ3) is 2.40. The van der Waals surface area contributed by atoms with Crippen molar-refractivity contribution in [2.45, 2.75) is 13.3 Å². The summed E-state index contributed by atoms with van der Waals surface area (Å²) < 4.78 is 0. The van der Waals surface area contributed by atoms with E-state index in [9.17, 15) is 0 Å². The van der Waals surface area contributed by atoms with Gasteiger partial charge < -0.3 is 5.73 Å². The van der Waals surface area contributed by atoms with Gasteiger partial charge in [0, 0.05) is 23.7 Å². The Morgan fingerprint density at radius 1 is 1.11 bits per heavy atom. The molecule has 0 aliphatic heterocycles. The molecule has 3 heteroatoms. The van der Waals surface area contributed by atoms with E-state index in [4.69, 9.17) is 5.73 Å². The standard InChI is InChI=1S/C16H15N3/c1-11-4-6-12(7-5-11)9-13-10-15-14(16(17)19-13)3-2-8-18-15/h2-8,10H,9H2,1H3,(H2,17,19). The minimum absolute atomic E-state index is 0.549. The summed E-state index contributed by atoms with van der Waals surface area (Å²) >= 11 is 0. The summed E-state index contributed by atoms with van der Waals surface area (Å²) in [4.78, 5) is 8.80. The molecule has 1 aromatic carbocycles. The topological polar surface area (TPSA) is 51.8 Å². The van der Waals surface area contributed by atoms with Gasteiger partial charge in [0.25, 0.3) is 0 Å². The lowest BCUT2D eigenvalue weighted by Gasteiger charge is -2.06.